The molecular formula is C9H16N4. The van der Waals surface area contributed by atoms with E-state index in [1.165, 1.54) is 12.8 Å². The van der Waals surface area contributed by atoms with Gasteiger partial charge in [0, 0.05) is 13.1 Å². The Kier molecular flexibility index (Phi) is 2.31. The summed E-state index contributed by atoms with van der Waals surface area (Å²) in [6, 6.07) is 0.622. The Morgan fingerprint density at radius 2 is 2.46 bits per heavy atom. The number of hydrogen-bond acceptors (Lipinski definition) is 3. The summed E-state index contributed by atoms with van der Waals surface area (Å²) in [4.78, 5) is 4.16. The van der Waals surface area contributed by atoms with Crippen molar-refractivity contribution in [2.75, 3.05) is 0 Å². The van der Waals surface area contributed by atoms with Crippen molar-refractivity contribution in [2.45, 2.75) is 32.4 Å². The van der Waals surface area contributed by atoms with Crippen LogP contribution in [0.4, 0.5) is 0 Å². The Balaban J connectivity index is 1.81. The Bertz CT molecular complexity index is 277. The monoisotopic (exact) mass is 180 g/mol. The average molecular weight is 180 g/mol. The van der Waals surface area contributed by atoms with Crippen LogP contribution in [-0.4, -0.2) is 20.8 Å². The lowest BCUT2D eigenvalue weighted by atomic mass is 10.2. The minimum Gasteiger partial charge on any atom is -0.307 e. The van der Waals surface area contributed by atoms with E-state index in [2.05, 4.69) is 22.3 Å². The van der Waals surface area contributed by atoms with Gasteiger partial charge in [-0.05, 0) is 25.7 Å². The smallest absolute Gasteiger partial charge is 0.140 e. The highest BCUT2D eigenvalue weighted by Crippen LogP contribution is 2.32. The van der Waals surface area contributed by atoms with E-state index in [0.717, 1.165) is 18.3 Å². The third-order valence-corrected chi connectivity index (χ3v) is 2.72. The summed E-state index contributed by atoms with van der Waals surface area (Å²) in [5.74, 6) is 1.90. The number of aromatic nitrogens is 3. The van der Waals surface area contributed by atoms with E-state index in [1.54, 1.807) is 6.33 Å². The highest BCUT2D eigenvalue weighted by Gasteiger charge is 2.27. The topological polar surface area (TPSA) is 42.7 Å². The van der Waals surface area contributed by atoms with E-state index in [4.69, 9.17) is 0 Å². The van der Waals surface area contributed by atoms with Crippen LogP contribution in [0.15, 0.2) is 6.33 Å². The third-order valence-electron chi connectivity index (χ3n) is 2.72. The first-order chi connectivity index (χ1) is 6.27. The molecule has 4 heteroatoms. The van der Waals surface area contributed by atoms with Gasteiger partial charge in [0.2, 0.25) is 0 Å². The number of rotatable bonds is 4. The standard InChI is InChI=1S/C9H16N4/c1-7(8-3-4-8)10-5-9-11-6-12-13(9)2/h6-8,10H,3-5H2,1-2H3. The van der Waals surface area contributed by atoms with Crippen LogP contribution in [0.2, 0.25) is 0 Å². The molecule has 0 spiro atoms. The maximum atomic E-state index is 4.16. The van der Waals surface area contributed by atoms with Crippen molar-refractivity contribution in [3.8, 4) is 0 Å². The summed E-state index contributed by atoms with van der Waals surface area (Å²) in [6.07, 6.45) is 4.36. The molecule has 4 nitrogen and oxygen atoms in total. The van der Waals surface area contributed by atoms with Crippen molar-refractivity contribution in [3.63, 3.8) is 0 Å². The zero-order chi connectivity index (χ0) is 9.26. The number of nitrogens with zero attached hydrogens (tertiary/aromatic N) is 3. The molecule has 13 heavy (non-hydrogen) atoms. The highest BCUT2D eigenvalue weighted by molar-refractivity contribution is 4.87. The molecule has 0 bridgehead atoms. The fraction of sp³-hybridized carbons (Fsp3) is 0.778. The van der Waals surface area contributed by atoms with Gasteiger partial charge in [-0.2, -0.15) is 5.10 Å². The van der Waals surface area contributed by atoms with Crippen LogP contribution in [-0.2, 0) is 13.6 Å². The first-order valence-electron chi connectivity index (χ1n) is 4.83. The molecule has 1 N–H and O–H groups in total. The molecule has 1 aromatic rings. The van der Waals surface area contributed by atoms with Crippen LogP contribution in [0.1, 0.15) is 25.6 Å². The summed E-state index contributed by atoms with van der Waals surface area (Å²) in [7, 11) is 1.92. The van der Waals surface area contributed by atoms with E-state index >= 15 is 0 Å². The zero-order valence-corrected chi connectivity index (χ0v) is 8.20. The van der Waals surface area contributed by atoms with Crippen molar-refractivity contribution < 1.29 is 0 Å². The van der Waals surface area contributed by atoms with Gasteiger partial charge in [-0.25, -0.2) is 4.98 Å². The number of nitrogens with one attached hydrogen (secondary N) is 1. The van der Waals surface area contributed by atoms with Crippen molar-refractivity contribution in [3.05, 3.63) is 12.2 Å². The maximum absolute atomic E-state index is 4.16. The lowest BCUT2D eigenvalue weighted by Crippen LogP contribution is -2.28. The number of aryl methyl sites for hydroxylation is 1. The minimum absolute atomic E-state index is 0.622. The zero-order valence-electron chi connectivity index (χ0n) is 8.20. The van der Waals surface area contributed by atoms with Gasteiger partial charge in [-0.3, -0.25) is 4.68 Å². The fourth-order valence-electron chi connectivity index (χ4n) is 1.50. The van der Waals surface area contributed by atoms with E-state index in [9.17, 15) is 0 Å². The molecule has 0 radical (unpaired) electrons. The molecule has 1 saturated carbocycles. The predicted molar refractivity (Wildman–Crippen MR) is 50.0 cm³/mol. The Labute approximate surface area is 78.4 Å². The van der Waals surface area contributed by atoms with Crippen molar-refractivity contribution >= 4 is 0 Å². The molecule has 1 aliphatic rings. The summed E-state index contributed by atoms with van der Waals surface area (Å²) in [5, 5.41) is 7.49. The van der Waals surface area contributed by atoms with Gasteiger partial charge in [0.1, 0.15) is 12.2 Å². The van der Waals surface area contributed by atoms with Gasteiger partial charge < -0.3 is 5.32 Å². The van der Waals surface area contributed by atoms with Crippen LogP contribution in [0.3, 0.4) is 0 Å². The molecule has 0 aromatic carbocycles. The summed E-state index contributed by atoms with van der Waals surface area (Å²) in [5.41, 5.74) is 0. The molecule has 1 atom stereocenters. The van der Waals surface area contributed by atoms with Gasteiger partial charge in [0.05, 0.1) is 6.54 Å². The second-order valence-corrected chi connectivity index (χ2v) is 3.81. The lowest BCUT2D eigenvalue weighted by Gasteiger charge is -2.11. The lowest BCUT2D eigenvalue weighted by molar-refractivity contribution is 0.479. The van der Waals surface area contributed by atoms with Crippen molar-refractivity contribution in [2.24, 2.45) is 13.0 Å². The summed E-state index contributed by atoms with van der Waals surface area (Å²) < 4.78 is 1.81. The van der Waals surface area contributed by atoms with Crippen LogP contribution >= 0.6 is 0 Å². The molecule has 0 amide bonds. The van der Waals surface area contributed by atoms with E-state index < -0.39 is 0 Å². The van der Waals surface area contributed by atoms with Gasteiger partial charge in [-0.15, -0.1) is 0 Å². The molecule has 72 valence electrons. The molecule has 1 aromatic heterocycles. The second-order valence-electron chi connectivity index (χ2n) is 3.81. The molecule has 1 unspecified atom stereocenters. The minimum atomic E-state index is 0.622. The molecule has 0 aliphatic heterocycles. The summed E-state index contributed by atoms with van der Waals surface area (Å²) >= 11 is 0. The normalized spacial score (nSPS) is 18.9. The maximum Gasteiger partial charge on any atom is 0.140 e. The molecule has 1 heterocycles. The Morgan fingerprint density at radius 3 is 3.00 bits per heavy atom. The number of hydrogen-bond donors (Lipinski definition) is 1. The van der Waals surface area contributed by atoms with Crippen LogP contribution < -0.4 is 5.32 Å². The first kappa shape index (κ1) is 8.69. The van der Waals surface area contributed by atoms with E-state index in [1.807, 2.05) is 11.7 Å². The van der Waals surface area contributed by atoms with Crippen molar-refractivity contribution in [1.82, 2.24) is 20.1 Å². The van der Waals surface area contributed by atoms with E-state index in [-0.39, 0.29) is 0 Å². The van der Waals surface area contributed by atoms with Crippen LogP contribution in [0.5, 0.6) is 0 Å². The SMILES string of the molecule is CC(NCc1ncnn1C)C1CC1. The molecular weight excluding hydrogens is 164 g/mol. The quantitative estimate of drug-likeness (QED) is 0.741. The third kappa shape index (κ3) is 2.06. The average Bonchev–Trinajstić information content (AvgIpc) is 2.88. The second kappa shape index (κ2) is 3.46. The fourth-order valence-corrected chi connectivity index (χ4v) is 1.50. The van der Waals surface area contributed by atoms with Gasteiger partial charge in [0.15, 0.2) is 0 Å². The molecule has 0 saturated heterocycles. The molecule has 1 fully saturated rings. The van der Waals surface area contributed by atoms with Crippen LogP contribution in [0.25, 0.3) is 0 Å². The largest absolute Gasteiger partial charge is 0.307 e. The first-order valence-corrected chi connectivity index (χ1v) is 4.83. The van der Waals surface area contributed by atoms with Crippen LogP contribution in [0, 0.1) is 5.92 Å². The molecule has 1 aliphatic carbocycles. The van der Waals surface area contributed by atoms with Gasteiger partial charge >= 0.3 is 0 Å². The Hall–Kier alpha value is -0.900. The predicted octanol–water partition coefficient (Wildman–Crippen LogP) is 0.703. The highest BCUT2D eigenvalue weighted by atomic mass is 15.3. The van der Waals surface area contributed by atoms with E-state index in [0.29, 0.717) is 6.04 Å². The molecule has 2 rings (SSSR count). The van der Waals surface area contributed by atoms with Gasteiger partial charge in [-0.1, -0.05) is 0 Å². The Morgan fingerprint density at radius 1 is 1.69 bits per heavy atom. The summed E-state index contributed by atoms with van der Waals surface area (Å²) in [6.45, 7) is 3.07. The van der Waals surface area contributed by atoms with Crippen molar-refractivity contribution in [1.29, 1.82) is 0 Å². The van der Waals surface area contributed by atoms with Gasteiger partial charge in [0.25, 0.3) is 0 Å².